The van der Waals surface area contributed by atoms with Gasteiger partial charge in [0.15, 0.2) is 5.65 Å². The van der Waals surface area contributed by atoms with Gasteiger partial charge in [0.2, 0.25) is 11.1 Å². The number of fused-ring (bicyclic) bond motifs is 2. The first-order chi connectivity index (χ1) is 16.1. The van der Waals surface area contributed by atoms with Gasteiger partial charge >= 0.3 is 0 Å². The van der Waals surface area contributed by atoms with Gasteiger partial charge in [-0.2, -0.15) is 4.98 Å². The first-order valence-corrected chi connectivity index (χ1v) is 12.6. The van der Waals surface area contributed by atoms with Gasteiger partial charge in [0.05, 0.1) is 5.69 Å². The number of anilines is 2. The maximum Gasteiger partial charge on any atom is 0.278 e. The molecule has 8 nitrogen and oxygen atoms in total. The zero-order valence-corrected chi connectivity index (χ0v) is 21.5. The summed E-state index contributed by atoms with van der Waals surface area (Å²) >= 11 is 7.92. The van der Waals surface area contributed by atoms with Crippen LogP contribution in [-0.4, -0.2) is 30.9 Å². The molecule has 0 unspecified atom stereocenters. The molecule has 0 aliphatic carbocycles. The monoisotopic (exact) mass is 497 g/mol. The molecule has 4 aromatic rings. The van der Waals surface area contributed by atoms with Crippen LogP contribution in [0.1, 0.15) is 57.5 Å². The molecule has 0 atom stereocenters. The highest BCUT2D eigenvalue weighted by Gasteiger charge is 2.27. The van der Waals surface area contributed by atoms with E-state index in [1.54, 1.807) is 15.6 Å². The van der Waals surface area contributed by atoms with Crippen LogP contribution in [0.25, 0.3) is 16.2 Å². The standard InChI is InChI=1S/C24H28ClN7OS/c1-13(2)31-21(33)17-12-27-22(28-16-7-6-15-11-26-9-8-14(15)10-16)30-20(17)32(31)23-29-18(19(25)34-23)24(3,4)5/h6-7,10,12-13,26H,8-9,11H2,1-5H3,(H,27,28,30). The van der Waals surface area contributed by atoms with Crippen molar-refractivity contribution >= 4 is 45.6 Å². The molecule has 0 saturated heterocycles. The lowest BCUT2D eigenvalue weighted by Gasteiger charge is -2.18. The van der Waals surface area contributed by atoms with Crippen LogP contribution >= 0.6 is 22.9 Å². The predicted molar refractivity (Wildman–Crippen MR) is 138 cm³/mol. The van der Waals surface area contributed by atoms with E-state index in [1.807, 2.05) is 19.9 Å². The fraction of sp³-hybridized carbons (Fsp3) is 0.417. The van der Waals surface area contributed by atoms with Crippen LogP contribution in [0, 0.1) is 0 Å². The summed E-state index contributed by atoms with van der Waals surface area (Å²) in [5, 5.41) is 7.76. The highest BCUT2D eigenvalue weighted by Crippen LogP contribution is 2.36. The summed E-state index contributed by atoms with van der Waals surface area (Å²) in [5.74, 6) is 0.426. The van der Waals surface area contributed by atoms with Crippen molar-refractivity contribution in [3.8, 4) is 5.13 Å². The SMILES string of the molecule is CC(C)n1c(=O)c2cnc(Nc3ccc4c(c3)CCNC4)nc2n1-c1nc(C(C)(C)C)c(Cl)s1. The fourth-order valence-corrected chi connectivity index (χ4v) is 5.78. The average molecular weight is 498 g/mol. The zero-order valence-electron chi connectivity index (χ0n) is 19.9. The highest BCUT2D eigenvalue weighted by molar-refractivity contribution is 7.18. The first-order valence-electron chi connectivity index (χ1n) is 11.4. The quantitative estimate of drug-likeness (QED) is 0.414. The summed E-state index contributed by atoms with van der Waals surface area (Å²) in [7, 11) is 0. The van der Waals surface area contributed by atoms with E-state index in [0.717, 1.165) is 30.9 Å². The molecule has 1 aliphatic heterocycles. The van der Waals surface area contributed by atoms with Gasteiger partial charge in [-0.25, -0.2) is 19.3 Å². The lowest BCUT2D eigenvalue weighted by atomic mass is 9.93. The molecular weight excluding hydrogens is 470 g/mol. The van der Waals surface area contributed by atoms with Crippen molar-refractivity contribution < 1.29 is 0 Å². The van der Waals surface area contributed by atoms with Crippen molar-refractivity contribution in [1.29, 1.82) is 0 Å². The Bertz CT molecular complexity index is 1440. The number of benzene rings is 1. The van der Waals surface area contributed by atoms with Gasteiger partial charge in [-0.3, -0.25) is 4.79 Å². The molecule has 0 radical (unpaired) electrons. The topological polar surface area (TPSA) is 89.7 Å². The molecule has 5 rings (SSSR count). The van der Waals surface area contributed by atoms with Crippen molar-refractivity contribution in [3.05, 3.63) is 55.9 Å². The molecule has 34 heavy (non-hydrogen) atoms. The first kappa shape index (κ1) is 23.0. The molecule has 0 amide bonds. The number of hydrogen-bond acceptors (Lipinski definition) is 7. The van der Waals surface area contributed by atoms with Crippen LogP contribution in [-0.2, 0) is 18.4 Å². The van der Waals surface area contributed by atoms with Gasteiger partial charge in [0.1, 0.15) is 9.72 Å². The van der Waals surface area contributed by atoms with Gasteiger partial charge in [-0.1, -0.05) is 49.8 Å². The fourth-order valence-electron chi connectivity index (χ4n) is 4.24. The van der Waals surface area contributed by atoms with Crippen molar-refractivity contribution in [2.24, 2.45) is 0 Å². The number of thiazole rings is 1. The average Bonchev–Trinajstić information content (AvgIpc) is 3.31. The number of nitrogens with zero attached hydrogens (tertiary/aromatic N) is 5. The van der Waals surface area contributed by atoms with Crippen LogP contribution in [0.5, 0.6) is 0 Å². The van der Waals surface area contributed by atoms with E-state index in [2.05, 4.69) is 48.5 Å². The van der Waals surface area contributed by atoms with Crippen LogP contribution in [0.15, 0.2) is 29.2 Å². The van der Waals surface area contributed by atoms with E-state index in [-0.39, 0.29) is 17.0 Å². The Hall–Kier alpha value is -2.75. The van der Waals surface area contributed by atoms with Crippen molar-refractivity contribution in [3.63, 3.8) is 0 Å². The molecule has 10 heteroatoms. The van der Waals surface area contributed by atoms with E-state index < -0.39 is 0 Å². The number of aromatic nitrogens is 5. The molecular formula is C24H28ClN7OS. The summed E-state index contributed by atoms with van der Waals surface area (Å²) in [6.07, 6.45) is 2.58. The van der Waals surface area contributed by atoms with Crippen molar-refractivity contribution in [2.75, 3.05) is 11.9 Å². The second-order valence-corrected chi connectivity index (χ2v) is 11.5. The Balaban J connectivity index is 1.63. The summed E-state index contributed by atoms with van der Waals surface area (Å²) in [4.78, 5) is 27.3. The number of nitrogens with one attached hydrogen (secondary N) is 2. The van der Waals surface area contributed by atoms with E-state index >= 15 is 0 Å². The van der Waals surface area contributed by atoms with Crippen molar-refractivity contribution in [2.45, 2.75) is 59.0 Å². The Kier molecular flexibility index (Phi) is 5.74. The minimum Gasteiger partial charge on any atom is -0.324 e. The molecule has 3 aromatic heterocycles. The van der Waals surface area contributed by atoms with Gasteiger partial charge in [0, 0.05) is 29.9 Å². The maximum absolute atomic E-state index is 13.3. The lowest BCUT2D eigenvalue weighted by Crippen LogP contribution is -2.24. The molecule has 4 heterocycles. The Morgan fingerprint density at radius 2 is 2.00 bits per heavy atom. The molecule has 1 aromatic carbocycles. The third-order valence-corrected chi connectivity index (χ3v) is 7.16. The molecule has 2 N–H and O–H groups in total. The molecule has 0 fully saturated rings. The second kappa shape index (κ2) is 8.48. The van der Waals surface area contributed by atoms with Crippen LogP contribution in [0.2, 0.25) is 4.34 Å². The third kappa shape index (κ3) is 4.01. The lowest BCUT2D eigenvalue weighted by molar-refractivity contribution is 0.473. The third-order valence-electron chi connectivity index (χ3n) is 5.93. The van der Waals surface area contributed by atoms with Gasteiger partial charge < -0.3 is 10.6 Å². The minimum atomic E-state index is -0.221. The van der Waals surface area contributed by atoms with Gasteiger partial charge in [0.25, 0.3) is 5.56 Å². The summed E-state index contributed by atoms with van der Waals surface area (Å²) in [6.45, 7) is 12.0. The minimum absolute atomic E-state index is 0.104. The maximum atomic E-state index is 13.3. The normalized spacial score (nSPS) is 14.1. The Labute approximate surface area is 207 Å². The number of halogens is 1. The van der Waals surface area contributed by atoms with Crippen LogP contribution in [0.4, 0.5) is 11.6 Å². The van der Waals surface area contributed by atoms with E-state index in [4.69, 9.17) is 21.6 Å². The molecule has 0 saturated carbocycles. The van der Waals surface area contributed by atoms with Crippen LogP contribution < -0.4 is 16.2 Å². The Morgan fingerprint density at radius 3 is 2.71 bits per heavy atom. The molecule has 1 aliphatic rings. The van der Waals surface area contributed by atoms with Crippen LogP contribution in [0.3, 0.4) is 0 Å². The van der Waals surface area contributed by atoms with Gasteiger partial charge in [-0.05, 0) is 50.1 Å². The summed E-state index contributed by atoms with van der Waals surface area (Å²) in [6, 6.07) is 6.20. The summed E-state index contributed by atoms with van der Waals surface area (Å²) < 4.78 is 4.05. The summed E-state index contributed by atoms with van der Waals surface area (Å²) in [5.41, 5.74) is 4.48. The number of rotatable bonds is 4. The largest absolute Gasteiger partial charge is 0.324 e. The highest BCUT2D eigenvalue weighted by atomic mass is 35.5. The molecule has 0 spiro atoms. The van der Waals surface area contributed by atoms with Crippen molar-refractivity contribution in [1.82, 2.24) is 29.6 Å². The predicted octanol–water partition coefficient (Wildman–Crippen LogP) is 4.96. The smallest absolute Gasteiger partial charge is 0.278 e. The van der Waals surface area contributed by atoms with E-state index in [9.17, 15) is 4.79 Å². The molecule has 0 bridgehead atoms. The van der Waals surface area contributed by atoms with E-state index in [1.165, 1.54) is 22.5 Å². The zero-order chi connectivity index (χ0) is 24.2. The number of hydrogen-bond donors (Lipinski definition) is 2. The Morgan fingerprint density at radius 1 is 1.21 bits per heavy atom. The molecule has 178 valence electrons. The van der Waals surface area contributed by atoms with E-state index in [0.29, 0.717) is 26.4 Å². The van der Waals surface area contributed by atoms with Gasteiger partial charge in [-0.15, -0.1) is 0 Å². The second-order valence-electron chi connectivity index (χ2n) is 9.89.